The highest BCUT2D eigenvalue weighted by Crippen LogP contribution is 2.06. The summed E-state index contributed by atoms with van der Waals surface area (Å²) in [7, 11) is 0. The normalized spacial score (nSPS) is 12.1. The summed E-state index contributed by atoms with van der Waals surface area (Å²) in [6.45, 7) is 1.83. The molecule has 1 aromatic heterocycles. The van der Waals surface area contributed by atoms with E-state index in [4.69, 9.17) is 12.2 Å². The summed E-state index contributed by atoms with van der Waals surface area (Å²) in [6, 6.07) is 1.51. The number of aromatic amines is 1. The third-order valence-electron chi connectivity index (χ3n) is 1.61. The van der Waals surface area contributed by atoms with Gasteiger partial charge in [0.15, 0.2) is 0 Å². The molecule has 0 aromatic carbocycles. The van der Waals surface area contributed by atoms with Gasteiger partial charge in [0.1, 0.15) is 0 Å². The second-order valence-corrected chi connectivity index (χ2v) is 2.61. The van der Waals surface area contributed by atoms with Crippen LogP contribution < -0.4 is 11.3 Å². The van der Waals surface area contributed by atoms with Crippen molar-refractivity contribution >= 4 is 0 Å². The summed E-state index contributed by atoms with van der Waals surface area (Å²) >= 11 is 0. The highest BCUT2D eigenvalue weighted by Gasteiger charge is 2.01. The van der Waals surface area contributed by atoms with Crippen LogP contribution in [0.4, 0.5) is 0 Å². The van der Waals surface area contributed by atoms with E-state index in [-0.39, 0.29) is 11.6 Å². The molecule has 0 radical (unpaired) electrons. The molecule has 1 rings (SSSR count). The van der Waals surface area contributed by atoms with Crippen LogP contribution in [0.3, 0.4) is 0 Å². The molecule has 1 atom stereocenters. The van der Waals surface area contributed by atoms with Crippen molar-refractivity contribution in [3.63, 3.8) is 0 Å². The van der Waals surface area contributed by atoms with E-state index >= 15 is 0 Å². The minimum atomic E-state index is -0.248. The Hall–Kier alpha value is -1.53. The Morgan fingerprint density at radius 3 is 2.92 bits per heavy atom. The molecule has 3 N–H and O–H groups in total. The molecule has 0 saturated carbocycles. The quantitative estimate of drug-likeness (QED) is 0.586. The van der Waals surface area contributed by atoms with E-state index in [0.717, 1.165) is 5.56 Å². The number of pyridine rings is 1. The molecule has 0 aliphatic carbocycles. The Kier molecular flexibility index (Phi) is 2.32. The zero-order valence-electron chi connectivity index (χ0n) is 6.79. The first kappa shape index (κ1) is 8.57. The molecule has 12 heavy (non-hydrogen) atoms. The lowest BCUT2D eigenvalue weighted by molar-refractivity contribution is 0.809. The van der Waals surface area contributed by atoms with E-state index in [0.29, 0.717) is 5.56 Å². The predicted molar refractivity (Wildman–Crippen MR) is 47.6 cm³/mol. The van der Waals surface area contributed by atoms with E-state index in [1.54, 1.807) is 12.3 Å². The van der Waals surface area contributed by atoms with Gasteiger partial charge in [-0.3, -0.25) is 4.79 Å². The molecule has 3 heteroatoms. The molecule has 1 aromatic rings. The molecule has 0 bridgehead atoms. The summed E-state index contributed by atoms with van der Waals surface area (Å²) in [6.07, 6.45) is 6.69. The fourth-order valence-corrected chi connectivity index (χ4v) is 0.871. The average Bonchev–Trinajstić information content (AvgIpc) is 2.05. The number of nitrogens with one attached hydrogen (secondary N) is 1. The number of hydrogen-bond donors (Lipinski definition) is 2. The number of aromatic nitrogens is 1. The molecule has 1 heterocycles. The number of rotatable bonds is 1. The zero-order chi connectivity index (χ0) is 9.14. The molecular weight excluding hydrogens is 152 g/mol. The van der Waals surface area contributed by atoms with Crippen molar-refractivity contribution in [2.24, 2.45) is 5.73 Å². The number of nitrogens with two attached hydrogens (primary N) is 1. The molecule has 0 amide bonds. The molecule has 0 aliphatic rings. The molecule has 62 valence electrons. The van der Waals surface area contributed by atoms with Crippen molar-refractivity contribution in [2.75, 3.05) is 0 Å². The van der Waals surface area contributed by atoms with E-state index in [1.165, 1.54) is 0 Å². The molecule has 3 nitrogen and oxygen atoms in total. The van der Waals surface area contributed by atoms with Gasteiger partial charge in [0.25, 0.3) is 5.56 Å². The van der Waals surface area contributed by atoms with Crippen LogP contribution in [0.2, 0.25) is 0 Å². The summed E-state index contributed by atoms with van der Waals surface area (Å²) in [5, 5.41) is 0. The maximum atomic E-state index is 11.0. The largest absolute Gasteiger partial charge is 0.328 e. The Morgan fingerprint density at radius 1 is 1.75 bits per heavy atom. The van der Waals surface area contributed by atoms with Gasteiger partial charge in [0.05, 0.1) is 5.56 Å². The Morgan fingerprint density at radius 2 is 2.42 bits per heavy atom. The van der Waals surface area contributed by atoms with Gasteiger partial charge in [-0.2, -0.15) is 0 Å². The van der Waals surface area contributed by atoms with Gasteiger partial charge < -0.3 is 10.7 Å². The summed E-state index contributed by atoms with van der Waals surface area (Å²) in [4.78, 5) is 13.5. The van der Waals surface area contributed by atoms with Crippen LogP contribution in [0.25, 0.3) is 0 Å². The highest BCUT2D eigenvalue weighted by atomic mass is 16.1. The standard InChI is InChI=1S/C9H10N2O/c1-3-7-4-8(6(2)10)5-11-9(7)12/h1,4-6H,10H2,2H3,(H,11,12). The van der Waals surface area contributed by atoms with Gasteiger partial charge in [-0.1, -0.05) is 5.92 Å². The maximum absolute atomic E-state index is 11.0. The van der Waals surface area contributed by atoms with Crippen LogP contribution in [-0.4, -0.2) is 4.98 Å². The van der Waals surface area contributed by atoms with Crippen molar-refractivity contribution in [1.29, 1.82) is 0 Å². The van der Waals surface area contributed by atoms with Crippen molar-refractivity contribution in [1.82, 2.24) is 4.98 Å². The lowest BCUT2D eigenvalue weighted by Crippen LogP contribution is -2.13. The molecule has 1 unspecified atom stereocenters. The lowest BCUT2D eigenvalue weighted by atomic mass is 10.1. The lowest BCUT2D eigenvalue weighted by Gasteiger charge is -2.03. The number of hydrogen-bond acceptors (Lipinski definition) is 2. The van der Waals surface area contributed by atoms with E-state index in [1.807, 2.05) is 6.92 Å². The van der Waals surface area contributed by atoms with Crippen molar-refractivity contribution in [2.45, 2.75) is 13.0 Å². The van der Waals surface area contributed by atoms with Gasteiger partial charge >= 0.3 is 0 Å². The van der Waals surface area contributed by atoms with Gasteiger partial charge in [-0.15, -0.1) is 6.42 Å². The van der Waals surface area contributed by atoms with Crippen molar-refractivity contribution < 1.29 is 0 Å². The van der Waals surface area contributed by atoms with E-state index in [9.17, 15) is 4.79 Å². The van der Waals surface area contributed by atoms with E-state index < -0.39 is 0 Å². The van der Waals surface area contributed by atoms with Crippen LogP contribution in [0, 0.1) is 12.3 Å². The van der Waals surface area contributed by atoms with Gasteiger partial charge in [-0.05, 0) is 18.6 Å². The third kappa shape index (κ3) is 1.55. The van der Waals surface area contributed by atoms with Crippen LogP contribution >= 0.6 is 0 Å². The Bertz CT molecular complexity index is 371. The minimum Gasteiger partial charge on any atom is -0.328 e. The SMILES string of the molecule is C#Cc1cc(C(C)N)c[nH]c1=O. The second-order valence-electron chi connectivity index (χ2n) is 2.61. The van der Waals surface area contributed by atoms with Crippen LogP contribution in [0.1, 0.15) is 24.1 Å². The first-order valence-corrected chi connectivity index (χ1v) is 3.60. The first-order chi connectivity index (χ1) is 5.65. The minimum absolute atomic E-state index is 0.117. The van der Waals surface area contributed by atoms with Crippen LogP contribution in [0.5, 0.6) is 0 Å². The molecule has 0 fully saturated rings. The molecule has 0 aliphatic heterocycles. The van der Waals surface area contributed by atoms with Gasteiger partial charge in [0.2, 0.25) is 0 Å². The molecular formula is C9H10N2O. The predicted octanol–water partition coefficient (Wildman–Crippen LogP) is 0.376. The van der Waals surface area contributed by atoms with Crippen LogP contribution in [0.15, 0.2) is 17.1 Å². The van der Waals surface area contributed by atoms with E-state index in [2.05, 4.69) is 10.9 Å². The molecule has 0 saturated heterocycles. The number of H-pyrrole nitrogens is 1. The van der Waals surface area contributed by atoms with Crippen LogP contribution in [-0.2, 0) is 0 Å². The summed E-state index contributed by atoms with van der Waals surface area (Å²) in [5.74, 6) is 2.29. The molecule has 0 spiro atoms. The fourth-order valence-electron chi connectivity index (χ4n) is 0.871. The Labute approximate surface area is 70.6 Å². The average molecular weight is 162 g/mol. The first-order valence-electron chi connectivity index (χ1n) is 3.60. The summed E-state index contributed by atoms with van der Waals surface area (Å²) in [5.41, 5.74) is 6.51. The van der Waals surface area contributed by atoms with Crippen molar-refractivity contribution in [3.8, 4) is 12.3 Å². The Balaban J connectivity index is 3.26. The smallest absolute Gasteiger partial charge is 0.263 e. The topological polar surface area (TPSA) is 58.9 Å². The van der Waals surface area contributed by atoms with Gasteiger partial charge in [0, 0.05) is 12.2 Å². The van der Waals surface area contributed by atoms with Gasteiger partial charge in [-0.25, -0.2) is 0 Å². The zero-order valence-corrected chi connectivity index (χ0v) is 6.79. The maximum Gasteiger partial charge on any atom is 0.263 e. The summed E-state index contributed by atoms with van der Waals surface area (Å²) < 4.78 is 0. The third-order valence-corrected chi connectivity index (χ3v) is 1.61. The highest BCUT2D eigenvalue weighted by molar-refractivity contribution is 5.32. The second kappa shape index (κ2) is 3.24. The fraction of sp³-hybridized carbons (Fsp3) is 0.222. The number of terminal acetylenes is 1. The van der Waals surface area contributed by atoms with Crippen molar-refractivity contribution in [3.05, 3.63) is 33.7 Å². The monoisotopic (exact) mass is 162 g/mol.